The van der Waals surface area contributed by atoms with Gasteiger partial charge in [-0.25, -0.2) is 0 Å². The predicted molar refractivity (Wildman–Crippen MR) is 133 cm³/mol. The number of rotatable bonds is 3. The van der Waals surface area contributed by atoms with Gasteiger partial charge < -0.3 is 10.2 Å². The molecule has 202 valence electrons. The summed E-state index contributed by atoms with van der Waals surface area (Å²) in [5.41, 5.74) is -0.153. The molecule has 2 amide bonds. The van der Waals surface area contributed by atoms with E-state index in [0.717, 1.165) is 17.7 Å². The minimum Gasteiger partial charge on any atom is -0.326 e. The average molecular weight is 537 g/mol. The van der Waals surface area contributed by atoms with Crippen LogP contribution in [-0.2, 0) is 30.0 Å². The van der Waals surface area contributed by atoms with E-state index in [2.05, 4.69) is 12.2 Å². The Labute approximate surface area is 216 Å². The largest absolute Gasteiger partial charge is 0.416 e. The van der Waals surface area contributed by atoms with Gasteiger partial charge in [-0.1, -0.05) is 37.3 Å². The van der Waals surface area contributed by atoms with Crippen molar-refractivity contribution < 1.29 is 35.9 Å². The molecule has 0 atom stereocenters. The number of alkyl halides is 6. The molecule has 4 nitrogen and oxygen atoms in total. The number of halogens is 6. The second-order valence-corrected chi connectivity index (χ2v) is 8.72. The summed E-state index contributed by atoms with van der Waals surface area (Å²) in [5.74, 6) is -0.909. The molecule has 0 spiro atoms. The molecular formula is C28H26F6N2O2. The molecule has 10 heteroatoms. The number of aryl methyl sites for hydroxylation is 2. The Morgan fingerprint density at radius 3 is 1.97 bits per heavy atom. The van der Waals surface area contributed by atoms with Crippen molar-refractivity contribution >= 4 is 23.2 Å². The van der Waals surface area contributed by atoms with Gasteiger partial charge in [-0.15, -0.1) is 0 Å². The fourth-order valence-electron chi connectivity index (χ4n) is 4.01. The molecule has 0 aliphatic carbocycles. The number of amides is 2. The summed E-state index contributed by atoms with van der Waals surface area (Å²) in [6.45, 7) is 3.84. The lowest BCUT2D eigenvalue weighted by molar-refractivity contribution is -0.143. The molecule has 1 N–H and O–H groups in total. The molecule has 1 aliphatic heterocycles. The van der Waals surface area contributed by atoms with E-state index >= 15 is 0 Å². The number of hydrogen-bond donors (Lipinski definition) is 1. The first-order chi connectivity index (χ1) is 17.8. The first kappa shape index (κ1) is 28.7. The van der Waals surface area contributed by atoms with E-state index in [9.17, 15) is 35.9 Å². The van der Waals surface area contributed by atoms with Crippen molar-refractivity contribution in [3.63, 3.8) is 0 Å². The van der Waals surface area contributed by atoms with Crippen molar-refractivity contribution in [3.05, 3.63) is 94.5 Å². The highest BCUT2D eigenvalue weighted by atomic mass is 19.4. The lowest BCUT2D eigenvalue weighted by Crippen LogP contribution is -2.35. The van der Waals surface area contributed by atoms with E-state index in [1.165, 1.54) is 17.4 Å². The van der Waals surface area contributed by atoms with Gasteiger partial charge in [0.1, 0.15) is 0 Å². The summed E-state index contributed by atoms with van der Waals surface area (Å²) in [5, 5.41) is 2.72. The molecule has 0 aromatic heterocycles. The molecule has 3 aromatic rings. The average Bonchev–Trinajstić information content (AvgIpc) is 2.87. The normalized spacial score (nSPS) is 13.2. The standard InChI is InChI=1S/C18H13F6NO.C10H13NO/c19-17(20,21)13-8-12(9-14(10-13)18(22,23)24)16(26)25-7-3-5-11-4-1-2-6-15(11)25;1-3-9-4-6-10(7-5-9)11-8(2)12/h1-2,4,6,8-10H,3,5,7H2;4-7H,3H2,1-2H3,(H,11,12). The number of carbonyl (C=O) groups is 2. The SMILES string of the molecule is CCc1ccc(NC(C)=O)cc1.O=C(c1cc(C(F)(F)F)cc(C(F)(F)F)c1)N1CCCc2ccccc21. The van der Waals surface area contributed by atoms with Crippen molar-refractivity contribution in [2.45, 2.75) is 45.5 Å². The molecule has 0 bridgehead atoms. The zero-order chi connectivity index (χ0) is 28.1. The van der Waals surface area contributed by atoms with Gasteiger partial charge in [-0.3, -0.25) is 9.59 Å². The van der Waals surface area contributed by atoms with Crippen LogP contribution >= 0.6 is 0 Å². The number of hydrogen-bond acceptors (Lipinski definition) is 2. The van der Waals surface area contributed by atoms with Crippen molar-refractivity contribution in [1.29, 1.82) is 0 Å². The monoisotopic (exact) mass is 536 g/mol. The van der Waals surface area contributed by atoms with E-state index in [-0.39, 0.29) is 18.5 Å². The number of carbonyl (C=O) groups excluding carboxylic acids is 2. The number of nitrogens with zero attached hydrogens (tertiary/aromatic N) is 1. The fourth-order valence-corrected chi connectivity index (χ4v) is 4.01. The van der Waals surface area contributed by atoms with E-state index in [1.807, 2.05) is 24.3 Å². The summed E-state index contributed by atoms with van der Waals surface area (Å²) in [6.07, 6.45) is -7.68. The number of para-hydroxylation sites is 1. The van der Waals surface area contributed by atoms with Gasteiger partial charge >= 0.3 is 12.4 Å². The van der Waals surface area contributed by atoms with Gasteiger partial charge in [0.15, 0.2) is 0 Å². The van der Waals surface area contributed by atoms with Gasteiger partial charge in [-0.05, 0) is 66.8 Å². The van der Waals surface area contributed by atoms with Crippen LogP contribution in [0.2, 0.25) is 0 Å². The zero-order valence-electron chi connectivity index (χ0n) is 20.7. The smallest absolute Gasteiger partial charge is 0.326 e. The molecule has 4 rings (SSSR count). The van der Waals surface area contributed by atoms with Gasteiger partial charge in [0.25, 0.3) is 5.91 Å². The van der Waals surface area contributed by atoms with Crippen LogP contribution in [0.25, 0.3) is 0 Å². The Balaban J connectivity index is 0.000000279. The molecule has 1 aliphatic rings. The van der Waals surface area contributed by atoms with Crippen LogP contribution < -0.4 is 10.2 Å². The topological polar surface area (TPSA) is 49.4 Å². The van der Waals surface area contributed by atoms with Crippen LogP contribution in [0.4, 0.5) is 37.7 Å². The van der Waals surface area contributed by atoms with Crippen LogP contribution in [0.3, 0.4) is 0 Å². The maximum absolute atomic E-state index is 13.0. The second kappa shape index (κ2) is 11.7. The minimum absolute atomic E-state index is 0.0148. The van der Waals surface area contributed by atoms with Crippen LogP contribution in [0.1, 0.15) is 52.9 Å². The van der Waals surface area contributed by atoms with Crippen LogP contribution in [-0.4, -0.2) is 18.4 Å². The van der Waals surface area contributed by atoms with Crippen LogP contribution in [0.5, 0.6) is 0 Å². The van der Waals surface area contributed by atoms with Crippen LogP contribution in [0, 0.1) is 0 Å². The van der Waals surface area contributed by atoms with Crippen molar-refractivity contribution in [2.24, 2.45) is 0 Å². The molecule has 0 fully saturated rings. The highest BCUT2D eigenvalue weighted by Crippen LogP contribution is 2.37. The number of nitrogens with one attached hydrogen (secondary N) is 1. The number of fused-ring (bicyclic) bond motifs is 1. The van der Waals surface area contributed by atoms with Gasteiger partial charge in [0.2, 0.25) is 5.91 Å². The number of benzene rings is 3. The molecular weight excluding hydrogens is 510 g/mol. The Morgan fingerprint density at radius 1 is 0.868 bits per heavy atom. The first-order valence-corrected chi connectivity index (χ1v) is 11.9. The lowest BCUT2D eigenvalue weighted by atomic mass is 9.99. The number of anilines is 2. The Hall–Kier alpha value is -3.82. The summed E-state index contributed by atoms with van der Waals surface area (Å²) >= 11 is 0. The Kier molecular flexibility index (Phi) is 8.85. The summed E-state index contributed by atoms with van der Waals surface area (Å²) in [7, 11) is 0. The predicted octanol–water partition coefficient (Wildman–Crippen LogP) is 7.52. The molecule has 0 saturated carbocycles. The highest BCUT2D eigenvalue weighted by Gasteiger charge is 2.38. The van der Waals surface area contributed by atoms with Gasteiger partial charge in [0.05, 0.1) is 11.1 Å². The van der Waals surface area contributed by atoms with E-state index in [0.29, 0.717) is 30.7 Å². The molecule has 0 saturated heterocycles. The van der Waals surface area contributed by atoms with Gasteiger partial charge in [-0.2, -0.15) is 26.3 Å². The van der Waals surface area contributed by atoms with Gasteiger partial charge in [0, 0.05) is 30.4 Å². The van der Waals surface area contributed by atoms with Crippen molar-refractivity contribution in [2.75, 3.05) is 16.8 Å². The highest BCUT2D eigenvalue weighted by molar-refractivity contribution is 6.07. The third kappa shape index (κ3) is 7.36. The summed E-state index contributed by atoms with van der Waals surface area (Å²) in [4.78, 5) is 24.6. The van der Waals surface area contributed by atoms with Crippen LogP contribution in [0.15, 0.2) is 66.7 Å². The molecule has 38 heavy (non-hydrogen) atoms. The molecule has 1 heterocycles. The molecule has 0 unspecified atom stereocenters. The van der Waals surface area contributed by atoms with E-state index < -0.39 is 35.0 Å². The van der Waals surface area contributed by atoms with E-state index in [1.54, 1.807) is 24.3 Å². The maximum Gasteiger partial charge on any atom is 0.416 e. The second-order valence-electron chi connectivity index (χ2n) is 8.72. The molecule has 0 radical (unpaired) electrons. The Bertz CT molecular complexity index is 1250. The van der Waals surface area contributed by atoms with Crippen molar-refractivity contribution in [3.8, 4) is 0 Å². The van der Waals surface area contributed by atoms with Crippen molar-refractivity contribution in [1.82, 2.24) is 0 Å². The quantitative estimate of drug-likeness (QED) is 0.352. The molecule has 3 aromatic carbocycles. The lowest BCUT2D eigenvalue weighted by Gasteiger charge is -2.30. The summed E-state index contributed by atoms with van der Waals surface area (Å²) in [6, 6.07) is 15.7. The first-order valence-electron chi connectivity index (χ1n) is 11.9. The third-order valence-corrected chi connectivity index (χ3v) is 5.87. The summed E-state index contributed by atoms with van der Waals surface area (Å²) < 4.78 is 77.9. The van der Waals surface area contributed by atoms with E-state index in [4.69, 9.17) is 0 Å². The Morgan fingerprint density at radius 2 is 1.45 bits per heavy atom. The fraction of sp³-hybridized carbons (Fsp3) is 0.286. The third-order valence-electron chi connectivity index (χ3n) is 5.87. The minimum atomic E-state index is -4.99. The maximum atomic E-state index is 13.0. The zero-order valence-corrected chi connectivity index (χ0v) is 20.7.